The van der Waals surface area contributed by atoms with E-state index in [2.05, 4.69) is 170 Å². The van der Waals surface area contributed by atoms with Crippen LogP contribution in [0.4, 0.5) is 0 Å². The summed E-state index contributed by atoms with van der Waals surface area (Å²) in [5.41, 5.74) is 10.9. The highest BCUT2D eigenvalue weighted by atomic mass is 16.3. The Balaban J connectivity index is 0.992. The fourth-order valence-corrected chi connectivity index (χ4v) is 8.93. The van der Waals surface area contributed by atoms with Crippen molar-refractivity contribution in [2.24, 2.45) is 0 Å². The predicted molar refractivity (Wildman–Crippen MR) is 227 cm³/mol. The lowest BCUT2D eigenvalue weighted by Gasteiger charge is -2.18. The fraction of sp³-hybridized carbons (Fsp3) is 0. The van der Waals surface area contributed by atoms with Crippen molar-refractivity contribution in [2.75, 3.05) is 0 Å². The van der Waals surface area contributed by atoms with Crippen molar-refractivity contribution in [2.45, 2.75) is 0 Å². The second kappa shape index (κ2) is 11.2. The first-order chi connectivity index (χ1) is 26.8. The normalized spacial score (nSPS) is 12.1. The Morgan fingerprint density at radius 3 is 1.39 bits per heavy atom. The van der Waals surface area contributed by atoms with E-state index in [1.54, 1.807) is 0 Å². The van der Waals surface area contributed by atoms with Crippen LogP contribution in [0.2, 0.25) is 0 Å². The van der Waals surface area contributed by atoms with E-state index in [0.29, 0.717) is 0 Å². The zero-order chi connectivity index (χ0) is 35.3. The van der Waals surface area contributed by atoms with Crippen molar-refractivity contribution < 1.29 is 8.83 Å². The van der Waals surface area contributed by atoms with Gasteiger partial charge in [-0.3, -0.25) is 0 Å². The summed E-state index contributed by atoms with van der Waals surface area (Å²) in [4.78, 5) is 0. The topological polar surface area (TPSA) is 26.3 Å². The Morgan fingerprint density at radius 2 is 0.722 bits per heavy atom. The molecular weight excluding hydrogens is 657 g/mol. The monoisotopic (exact) mass is 686 g/mol. The van der Waals surface area contributed by atoms with E-state index in [-0.39, 0.29) is 0 Å². The molecule has 2 aromatic heterocycles. The maximum Gasteiger partial charge on any atom is 0.147 e. The van der Waals surface area contributed by atoms with E-state index in [9.17, 15) is 0 Å². The number of furan rings is 2. The molecule has 2 nitrogen and oxygen atoms in total. The summed E-state index contributed by atoms with van der Waals surface area (Å²) in [6.07, 6.45) is 0. The number of para-hydroxylation sites is 1. The molecule has 54 heavy (non-hydrogen) atoms. The Kier molecular flexibility index (Phi) is 6.09. The number of hydrogen-bond acceptors (Lipinski definition) is 2. The Hall–Kier alpha value is -7.16. The second-order valence-corrected chi connectivity index (χ2v) is 14.4. The van der Waals surface area contributed by atoms with E-state index < -0.39 is 0 Å². The molecule has 0 spiro atoms. The van der Waals surface area contributed by atoms with Crippen molar-refractivity contribution >= 4 is 87.0 Å². The highest BCUT2D eigenvalue weighted by Gasteiger charge is 2.19. The average molecular weight is 687 g/mol. The second-order valence-electron chi connectivity index (χ2n) is 14.4. The first kappa shape index (κ1) is 29.4. The SMILES string of the molecule is c1ccc(-c2c3ccccc3c(-c3ccc4cc(-c5ccc6oc7c(ccc8ccc9c%10ccccc%10oc9c87)c6c5)ccc4c3)c3ccccc23)cc1. The third kappa shape index (κ3) is 4.22. The van der Waals surface area contributed by atoms with Gasteiger partial charge in [0.25, 0.3) is 0 Å². The molecule has 10 aromatic carbocycles. The van der Waals surface area contributed by atoms with Gasteiger partial charge < -0.3 is 8.83 Å². The molecule has 0 aliphatic rings. The number of fused-ring (bicyclic) bond motifs is 12. The third-order valence-electron chi connectivity index (χ3n) is 11.4. The minimum Gasteiger partial charge on any atom is -0.455 e. The van der Waals surface area contributed by atoms with Crippen LogP contribution in [0.25, 0.3) is 120 Å². The van der Waals surface area contributed by atoms with Gasteiger partial charge in [-0.25, -0.2) is 0 Å². The van der Waals surface area contributed by atoms with E-state index >= 15 is 0 Å². The first-order valence-electron chi connectivity index (χ1n) is 18.5. The molecule has 0 radical (unpaired) electrons. The van der Waals surface area contributed by atoms with Crippen LogP contribution in [0.3, 0.4) is 0 Å². The summed E-state index contributed by atoms with van der Waals surface area (Å²) in [6, 6.07) is 65.7. The molecule has 0 saturated heterocycles. The Morgan fingerprint density at radius 1 is 0.259 bits per heavy atom. The van der Waals surface area contributed by atoms with E-state index in [1.807, 2.05) is 12.1 Å². The third-order valence-corrected chi connectivity index (χ3v) is 11.4. The van der Waals surface area contributed by atoms with Crippen LogP contribution < -0.4 is 0 Å². The molecule has 0 unspecified atom stereocenters. The smallest absolute Gasteiger partial charge is 0.147 e. The van der Waals surface area contributed by atoms with Crippen molar-refractivity contribution in [3.8, 4) is 33.4 Å². The first-order valence-corrected chi connectivity index (χ1v) is 18.5. The molecule has 0 amide bonds. The molecule has 0 N–H and O–H groups in total. The van der Waals surface area contributed by atoms with Gasteiger partial charge in [0.15, 0.2) is 0 Å². The molecular formula is C52H30O2. The highest BCUT2D eigenvalue weighted by molar-refractivity contribution is 6.25. The fourth-order valence-electron chi connectivity index (χ4n) is 8.93. The lowest BCUT2D eigenvalue weighted by molar-refractivity contribution is 0.663. The molecule has 2 heteroatoms. The maximum absolute atomic E-state index is 6.62. The van der Waals surface area contributed by atoms with Crippen LogP contribution in [-0.2, 0) is 0 Å². The highest BCUT2D eigenvalue weighted by Crippen LogP contribution is 2.45. The van der Waals surface area contributed by atoms with Gasteiger partial charge in [-0.1, -0.05) is 140 Å². The van der Waals surface area contributed by atoms with Gasteiger partial charge in [-0.05, 0) is 114 Å². The van der Waals surface area contributed by atoms with E-state index in [1.165, 1.54) is 60.1 Å². The summed E-state index contributed by atoms with van der Waals surface area (Å²) >= 11 is 0. The summed E-state index contributed by atoms with van der Waals surface area (Å²) in [5.74, 6) is 0. The van der Waals surface area contributed by atoms with Crippen molar-refractivity contribution in [3.63, 3.8) is 0 Å². The van der Waals surface area contributed by atoms with Gasteiger partial charge in [-0.2, -0.15) is 0 Å². The molecule has 12 rings (SSSR count). The zero-order valence-corrected chi connectivity index (χ0v) is 29.1. The van der Waals surface area contributed by atoms with Gasteiger partial charge in [-0.15, -0.1) is 0 Å². The molecule has 12 aromatic rings. The molecule has 0 aliphatic carbocycles. The van der Waals surface area contributed by atoms with E-state index in [0.717, 1.165) is 60.2 Å². The van der Waals surface area contributed by atoms with E-state index in [4.69, 9.17) is 8.83 Å². The molecule has 0 atom stereocenters. The largest absolute Gasteiger partial charge is 0.455 e. The van der Waals surface area contributed by atoms with Crippen LogP contribution in [0.5, 0.6) is 0 Å². The van der Waals surface area contributed by atoms with Gasteiger partial charge in [0, 0.05) is 21.5 Å². The van der Waals surface area contributed by atoms with Crippen molar-refractivity contribution in [1.29, 1.82) is 0 Å². The molecule has 250 valence electrons. The molecule has 0 fully saturated rings. The minimum absolute atomic E-state index is 0.868. The van der Waals surface area contributed by atoms with Gasteiger partial charge in [0.2, 0.25) is 0 Å². The van der Waals surface area contributed by atoms with Crippen LogP contribution in [0.15, 0.2) is 191 Å². The van der Waals surface area contributed by atoms with Crippen LogP contribution in [0.1, 0.15) is 0 Å². The van der Waals surface area contributed by atoms with Crippen LogP contribution >= 0.6 is 0 Å². The summed E-state index contributed by atoms with van der Waals surface area (Å²) in [5, 5.41) is 14.0. The molecule has 0 bridgehead atoms. The minimum atomic E-state index is 0.868. The number of rotatable bonds is 3. The standard InChI is InChI=1S/C52H30O2/c1-2-10-31(11-3-1)48-39-13-4-6-15-41(39)49(42-16-7-5-14-40(42)48)37-21-20-33-28-34(18-19-35(33)29-37)36-24-27-47-45(30-36)44-26-23-32-22-25-43-38-12-8-9-17-46(38)53-51(43)50(32)52(44)54-47/h1-30H. The van der Waals surface area contributed by atoms with Crippen LogP contribution in [0, 0.1) is 0 Å². The zero-order valence-electron chi connectivity index (χ0n) is 29.1. The Bertz CT molecular complexity index is 3430. The molecule has 0 saturated carbocycles. The maximum atomic E-state index is 6.62. The lowest BCUT2D eigenvalue weighted by Crippen LogP contribution is -1.90. The summed E-state index contributed by atoms with van der Waals surface area (Å²) in [7, 11) is 0. The number of hydrogen-bond donors (Lipinski definition) is 0. The summed E-state index contributed by atoms with van der Waals surface area (Å²) < 4.78 is 13.1. The van der Waals surface area contributed by atoms with Crippen molar-refractivity contribution in [3.05, 3.63) is 182 Å². The Labute approximate surface area is 310 Å². The van der Waals surface area contributed by atoms with Crippen molar-refractivity contribution in [1.82, 2.24) is 0 Å². The lowest BCUT2D eigenvalue weighted by atomic mass is 9.85. The van der Waals surface area contributed by atoms with Crippen LogP contribution in [-0.4, -0.2) is 0 Å². The van der Waals surface area contributed by atoms with Gasteiger partial charge >= 0.3 is 0 Å². The average Bonchev–Trinajstić information content (AvgIpc) is 3.81. The summed E-state index contributed by atoms with van der Waals surface area (Å²) in [6.45, 7) is 0. The quantitative estimate of drug-likeness (QED) is 0.173. The molecule has 2 heterocycles. The predicted octanol–water partition coefficient (Wildman–Crippen LogP) is 15.1. The van der Waals surface area contributed by atoms with Gasteiger partial charge in [0.05, 0.1) is 5.39 Å². The molecule has 0 aliphatic heterocycles. The van der Waals surface area contributed by atoms with Gasteiger partial charge in [0.1, 0.15) is 22.3 Å². The number of benzene rings is 10.